The molecule has 0 unspecified atom stereocenters. The van der Waals surface area contributed by atoms with Crippen molar-refractivity contribution in [1.82, 2.24) is 9.80 Å². The smallest absolute Gasteiger partial charge is 0.308 e. The van der Waals surface area contributed by atoms with Gasteiger partial charge in [0.05, 0.1) is 0 Å². The third kappa shape index (κ3) is 5.96. The van der Waals surface area contributed by atoms with Crippen LogP contribution in [0.4, 0.5) is 0 Å². The summed E-state index contributed by atoms with van der Waals surface area (Å²) < 4.78 is 5.05. The molecule has 2 heterocycles. The van der Waals surface area contributed by atoms with Crippen molar-refractivity contribution in [1.29, 1.82) is 0 Å². The number of rotatable bonds is 6. The van der Waals surface area contributed by atoms with Gasteiger partial charge in [0, 0.05) is 50.7 Å². The number of likely N-dealkylation sites (tertiary alicyclic amines) is 2. The van der Waals surface area contributed by atoms with E-state index in [0.717, 1.165) is 37.9 Å². The highest BCUT2D eigenvalue weighted by Crippen LogP contribution is 2.40. The highest BCUT2D eigenvalue weighted by atomic mass is 16.5. The molecular weight excluding hydrogens is 444 g/mol. The van der Waals surface area contributed by atoms with Crippen molar-refractivity contribution in [2.24, 2.45) is 5.41 Å². The molecule has 35 heavy (non-hydrogen) atoms. The largest absolute Gasteiger partial charge is 0.427 e. The summed E-state index contributed by atoms with van der Waals surface area (Å²) in [6.07, 6.45) is 3.86. The molecule has 2 aliphatic rings. The molecule has 0 saturated carbocycles. The fourth-order valence-electron chi connectivity index (χ4n) is 5.07. The third-order valence-electron chi connectivity index (χ3n) is 7.25. The molecule has 2 aromatic rings. The van der Waals surface area contributed by atoms with E-state index in [4.69, 9.17) is 4.74 Å². The molecule has 4 rings (SSSR count). The molecule has 2 aromatic carbocycles. The van der Waals surface area contributed by atoms with Crippen molar-refractivity contribution in [3.63, 3.8) is 0 Å². The van der Waals surface area contributed by atoms with Gasteiger partial charge in [0.25, 0.3) is 5.91 Å². The van der Waals surface area contributed by atoms with Crippen LogP contribution in [0.1, 0.15) is 65.8 Å². The molecule has 2 saturated heterocycles. The molecule has 1 spiro atoms. The van der Waals surface area contributed by atoms with Crippen LogP contribution in [0, 0.1) is 5.41 Å². The predicted molar refractivity (Wildman–Crippen MR) is 131 cm³/mol. The number of amides is 2. The number of piperidine rings is 1. The average molecular weight is 477 g/mol. The van der Waals surface area contributed by atoms with E-state index in [2.05, 4.69) is 0 Å². The second-order valence-electron chi connectivity index (χ2n) is 9.73. The first-order valence-corrected chi connectivity index (χ1v) is 12.2. The molecule has 184 valence electrons. The highest BCUT2D eigenvalue weighted by molar-refractivity contribution is 5.97. The molecule has 0 N–H and O–H groups in total. The second kappa shape index (κ2) is 10.4. The zero-order valence-electron chi connectivity index (χ0n) is 20.4. The predicted octanol–water partition coefficient (Wildman–Crippen LogP) is 3.90. The maximum Gasteiger partial charge on any atom is 0.308 e. The standard InChI is InChI=1S/C28H32N2O5/c1-20(31)23-6-8-24(9-7-23)27(34)29-16-13-28(14-17-29)15-18-30(19-28)26(33)12-5-22-3-10-25(11-4-22)35-21(2)32/h3-4,6-11H,5,12-19H2,1-2H3. The lowest BCUT2D eigenvalue weighted by Gasteiger charge is -2.39. The molecule has 2 fully saturated rings. The third-order valence-corrected chi connectivity index (χ3v) is 7.25. The van der Waals surface area contributed by atoms with E-state index in [-0.39, 0.29) is 29.0 Å². The Morgan fingerprint density at radius 2 is 1.37 bits per heavy atom. The molecule has 0 aliphatic carbocycles. The number of benzene rings is 2. The van der Waals surface area contributed by atoms with Gasteiger partial charge in [-0.25, -0.2) is 0 Å². The fourth-order valence-corrected chi connectivity index (χ4v) is 5.07. The van der Waals surface area contributed by atoms with Crippen molar-refractivity contribution >= 4 is 23.6 Å². The minimum atomic E-state index is -0.352. The van der Waals surface area contributed by atoms with Gasteiger partial charge in [0.2, 0.25) is 5.91 Å². The maximum atomic E-state index is 12.9. The Labute approximate surface area is 206 Å². The summed E-state index contributed by atoms with van der Waals surface area (Å²) in [4.78, 5) is 52.1. The lowest BCUT2D eigenvalue weighted by atomic mass is 9.77. The van der Waals surface area contributed by atoms with Crippen molar-refractivity contribution in [2.75, 3.05) is 26.2 Å². The van der Waals surface area contributed by atoms with E-state index in [1.165, 1.54) is 13.8 Å². The lowest BCUT2D eigenvalue weighted by Crippen LogP contribution is -2.44. The van der Waals surface area contributed by atoms with Gasteiger partial charge in [-0.2, -0.15) is 0 Å². The van der Waals surface area contributed by atoms with Crippen LogP contribution >= 0.6 is 0 Å². The lowest BCUT2D eigenvalue weighted by molar-refractivity contribution is -0.132. The van der Waals surface area contributed by atoms with Crippen molar-refractivity contribution < 1.29 is 23.9 Å². The Hall–Kier alpha value is -3.48. The zero-order chi connectivity index (χ0) is 25.0. The number of nitrogens with zero attached hydrogens (tertiary/aromatic N) is 2. The van der Waals surface area contributed by atoms with Gasteiger partial charge in [-0.3, -0.25) is 19.2 Å². The first kappa shape index (κ1) is 24.6. The van der Waals surface area contributed by atoms with Crippen molar-refractivity contribution in [2.45, 2.75) is 46.0 Å². The summed E-state index contributed by atoms with van der Waals surface area (Å²) in [5.74, 6) is 0.304. The molecular formula is C28H32N2O5. The summed E-state index contributed by atoms with van der Waals surface area (Å²) in [5, 5.41) is 0. The molecule has 2 aliphatic heterocycles. The quantitative estimate of drug-likeness (QED) is 0.359. The van der Waals surface area contributed by atoms with Gasteiger partial charge in [0.1, 0.15) is 5.75 Å². The van der Waals surface area contributed by atoms with E-state index < -0.39 is 0 Å². The van der Waals surface area contributed by atoms with Crippen LogP contribution in [0.5, 0.6) is 5.75 Å². The first-order valence-electron chi connectivity index (χ1n) is 12.2. The summed E-state index contributed by atoms with van der Waals surface area (Å²) in [6.45, 7) is 5.78. The molecule has 0 atom stereocenters. The van der Waals surface area contributed by atoms with E-state index in [1.54, 1.807) is 36.4 Å². The first-order chi connectivity index (χ1) is 16.7. The SMILES string of the molecule is CC(=O)Oc1ccc(CCC(=O)N2CCC3(CCN(C(=O)c4ccc(C(C)=O)cc4)CC3)C2)cc1. The van der Waals surface area contributed by atoms with Gasteiger partial charge in [0.15, 0.2) is 5.78 Å². The second-order valence-corrected chi connectivity index (χ2v) is 9.73. The Morgan fingerprint density at radius 1 is 0.800 bits per heavy atom. The minimum Gasteiger partial charge on any atom is -0.427 e. The van der Waals surface area contributed by atoms with Gasteiger partial charge in [-0.1, -0.05) is 24.3 Å². The van der Waals surface area contributed by atoms with Crippen LogP contribution in [0.15, 0.2) is 48.5 Å². The van der Waals surface area contributed by atoms with Crippen LogP contribution in [-0.2, 0) is 16.0 Å². The normalized spacial score (nSPS) is 16.9. The number of hydrogen-bond donors (Lipinski definition) is 0. The topological polar surface area (TPSA) is 84.0 Å². The summed E-state index contributed by atoms with van der Waals surface area (Å²) in [7, 11) is 0. The Morgan fingerprint density at radius 3 is 1.94 bits per heavy atom. The fraction of sp³-hybridized carbons (Fsp3) is 0.429. The molecule has 2 amide bonds. The van der Waals surface area contributed by atoms with E-state index in [9.17, 15) is 19.2 Å². The van der Waals surface area contributed by atoms with E-state index in [1.807, 2.05) is 21.9 Å². The summed E-state index contributed by atoms with van der Waals surface area (Å²) >= 11 is 0. The van der Waals surface area contributed by atoms with Gasteiger partial charge in [-0.05, 0) is 67.9 Å². The Kier molecular flexibility index (Phi) is 7.34. The monoisotopic (exact) mass is 476 g/mol. The van der Waals surface area contributed by atoms with Crippen LogP contribution in [0.2, 0.25) is 0 Å². The summed E-state index contributed by atoms with van der Waals surface area (Å²) in [5.41, 5.74) is 2.34. The zero-order valence-corrected chi connectivity index (χ0v) is 20.4. The van der Waals surface area contributed by atoms with Gasteiger partial charge in [-0.15, -0.1) is 0 Å². The molecule has 0 aromatic heterocycles. The number of carbonyl (C=O) groups excluding carboxylic acids is 4. The minimum absolute atomic E-state index is 0.000558. The highest BCUT2D eigenvalue weighted by Gasteiger charge is 2.42. The number of carbonyl (C=O) groups is 4. The average Bonchev–Trinajstić information content (AvgIpc) is 3.26. The van der Waals surface area contributed by atoms with Crippen LogP contribution < -0.4 is 4.74 Å². The maximum absolute atomic E-state index is 12.9. The van der Waals surface area contributed by atoms with Crippen molar-refractivity contribution in [3.8, 4) is 5.75 Å². The number of aryl methyl sites for hydroxylation is 1. The van der Waals surface area contributed by atoms with Gasteiger partial charge >= 0.3 is 5.97 Å². The number of Topliss-reactive ketones (excluding diaryl/α,β-unsaturated/α-hetero) is 1. The van der Waals surface area contributed by atoms with Gasteiger partial charge < -0.3 is 14.5 Å². The molecule has 0 radical (unpaired) electrons. The van der Waals surface area contributed by atoms with Crippen LogP contribution in [0.25, 0.3) is 0 Å². The van der Waals surface area contributed by atoms with Crippen molar-refractivity contribution in [3.05, 3.63) is 65.2 Å². The molecule has 7 nitrogen and oxygen atoms in total. The Bertz CT molecular complexity index is 1100. The number of ether oxygens (including phenoxy) is 1. The number of hydrogen-bond acceptors (Lipinski definition) is 5. The number of esters is 1. The van der Waals surface area contributed by atoms with Crippen LogP contribution in [0.3, 0.4) is 0 Å². The summed E-state index contributed by atoms with van der Waals surface area (Å²) in [6, 6.07) is 14.1. The molecule has 7 heteroatoms. The number of ketones is 1. The van der Waals surface area contributed by atoms with Crippen LogP contribution in [-0.4, -0.2) is 59.5 Å². The molecule has 0 bridgehead atoms. The van der Waals surface area contributed by atoms with E-state index in [0.29, 0.717) is 42.8 Å². The van der Waals surface area contributed by atoms with E-state index >= 15 is 0 Å². The Balaban J connectivity index is 1.25.